The second-order valence-corrected chi connectivity index (χ2v) is 8.83. The molecular formula is C14H24N4OS. The summed E-state index contributed by atoms with van der Waals surface area (Å²) in [6, 6.07) is 1.84. The van der Waals surface area contributed by atoms with Crippen molar-refractivity contribution < 1.29 is 5.96 Å². The van der Waals surface area contributed by atoms with Crippen LogP contribution in [0.25, 0.3) is 0 Å². The zero-order valence-corrected chi connectivity index (χ0v) is 13.2. The van der Waals surface area contributed by atoms with Crippen LogP contribution in [0.2, 0.25) is 1.41 Å². The van der Waals surface area contributed by atoms with E-state index in [1.165, 1.54) is 4.72 Å². The zero-order chi connectivity index (χ0) is 15.3. The summed E-state index contributed by atoms with van der Waals surface area (Å²) in [5, 5.41) is 7.78. The van der Waals surface area contributed by atoms with Gasteiger partial charge in [-0.1, -0.05) is 0 Å². The van der Waals surface area contributed by atoms with Crippen molar-refractivity contribution in [3.8, 4) is 0 Å². The molecule has 0 saturated carbocycles. The van der Waals surface area contributed by atoms with Crippen molar-refractivity contribution in [2.45, 2.75) is 50.9 Å². The predicted molar refractivity (Wildman–Crippen MR) is 80.5 cm³/mol. The largest absolute Gasteiger partial charge is 0.598 e. The van der Waals surface area contributed by atoms with E-state index in [2.05, 4.69) is 10.4 Å². The second kappa shape index (κ2) is 5.02. The molecule has 2 aliphatic heterocycles. The lowest BCUT2D eigenvalue weighted by molar-refractivity contribution is 0.149. The Balaban J connectivity index is 1.95. The van der Waals surface area contributed by atoms with Crippen LogP contribution in [0.1, 0.15) is 45.3 Å². The summed E-state index contributed by atoms with van der Waals surface area (Å²) in [7, 11) is 0. The Labute approximate surface area is 125 Å². The first-order valence-electron chi connectivity index (χ1n) is 7.72. The molecule has 112 valence electrons. The third-order valence-electron chi connectivity index (χ3n) is 4.40. The SMILES string of the molecule is [2H]N([C@@H]1c2ccnn2CC12CCNCC2)[S@+]([O-])C(C)(C)C. The van der Waals surface area contributed by atoms with E-state index in [-0.39, 0.29) is 11.5 Å². The number of piperidine rings is 1. The second-order valence-electron chi connectivity index (χ2n) is 6.90. The number of nitrogens with one attached hydrogen (secondary N) is 2. The van der Waals surface area contributed by atoms with Gasteiger partial charge in [0.2, 0.25) is 0 Å². The Bertz CT molecular complexity index is 509. The molecule has 0 bridgehead atoms. The fourth-order valence-corrected chi connectivity index (χ4v) is 4.02. The van der Waals surface area contributed by atoms with E-state index in [0.717, 1.165) is 38.2 Å². The van der Waals surface area contributed by atoms with Gasteiger partial charge >= 0.3 is 0 Å². The van der Waals surface area contributed by atoms with Gasteiger partial charge in [0.25, 0.3) is 0 Å². The summed E-state index contributed by atoms with van der Waals surface area (Å²) >= 11 is -1.35. The number of fused-ring (bicyclic) bond motifs is 1. The number of rotatable bonds is 2. The standard InChI is InChI=1S/C14H24N4OS/c1-13(2,3)20(19)17-12-11-4-7-16-18(11)10-14(12)5-8-15-9-6-14/h4,7,12,15,17H,5-6,8-10H2,1-3H3/t12-,20-/m1/s1/i/hD. The minimum absolute atomic E-state index is 0.0164. The monoisotopic (exact) mass is 297 g/mol. The summed E-state index contributed by atoms with van der Waals surface area (Å²) in [5.41, 5.74) is 1.02. The van der Waals surface area contributed by atoms with E-state index >= 15 is 0 Å². The van der Waals surface area contributed by atoms with Gasteiger partial charge in [-0.05, 0) is 52.8 Å². The van der Waals surface area contributed by atoms with Crippen molar-refractivity contribution in [1.82, 2.24) is 19.8 Å². The van der Waals surface area contributed by atoms with Gasteiger partial charge in [0.05, 0.1) is 5.69 Å². The Morgan fingerprint density at radius 3 is 2.90 bits per heavy atom. The van der Waals surface area contributed by atoms with Gasteiger partial charge in [0.1, 0.15) is 10.8 Å². The predicted octanol–water partition coefficient (Wildman–Crippen LogP) is 1.36. The van der Waals surface area contributed by atoms with E-state index < -0.39 is 16.1 Å². The van der Waals surface area contributed by atoms with Crippen LogP contribution in [0.15, 0.2) is 12.3 Å². The van der Waals surface area contributed by atoms with Gasteiger partial charge in [0, 0.05) is 29.5 Å². The fourth-order valence-electron chi connectivity index (χ4n) is 3.18. The smallest absolute Gasteiger partial charge is 0.182 e. The van der Waals surface area contributed by atoms with Crippen molar-refractivity contribution in [1.29, 1.82) is 0 Å². The highest BCUT2D eigenvalue weighted by atomic mass is 32.2. The summed E-state index contributed by atoms with van der Waals surface area (Å²) in [6.45, 7) is 8.51. The average molecular weight is 297 g/mol. The maximum atomic E-state index is 12.7. The Hall–Kier alpha value is -0.560. The lowest BCUT2D eigenvalue weighted by atomic mass is 9.74. The van der Waals surface area contributed by atoms with Crippen LogP contribution in [-0.2, 0) is 17.9 Å². The van der Waals surface area contributed by atoms with Crippen molar-refractivity contribution in [2.75, 3.05) is 13.1 Å². The van der Waals surface area contributed by atoms with Crippen molar-refractivity contribution in [3.63, 3.8) is 0 Å². The Morgan fingerprint density at radius 1 is 1.55 bits per heavy atom. The van der Waals surface area contributed by atoms with Gasteiger partial charge in [-0.2, -0.15) is 5.10 Å². The maximum Gasteiger partial charge on any atom is 0.182 e. The Kier molecular flexibility index (Phi) is 3.29. The molecule has 0 aromatic carbocycles. The topological polar surface area (TPSA) is 64.9 Å². The Morgan fingerprint density at radius 2 is 2.25 bits per heavy atom. The fraction of sp³-hybridized carbons (Fsp3) is 0.786. The van der Waals surface area contributed by atoms with Crippen LogP contribution in [0.5, 0.6) is 0 Å². The van der Waals surface area contributed by atoms with Crippen LogP contribution >= 0.6 is 0 Å². The lowest BCUT2D eigenvalue weighted by Crippen LogP contribution is -2.49. The van der Waals surface area contributed by atoms with Crippen LogP contribution in [0, 0.1) is 5.41 Å². The molecule has 0 aliphatic carbocycles. The van der Waals surface area contributed by atoms with Gasteiger partial charge < -0.3 is 9.87 Å². The van der Waals surface area contributed by atoms with Crippen molar-refractivity contribution in [3.05, 3.63) is 18.0 Å². The summed E-state index contributed by atoms with van der Waals surface area (Å²) in [4.78, 5) is 0. The quantitative estimate of drug-likeness (QED) is 0.809. The maximum absolute atomic E-state index is 12.7. The third kappa shape index (κ3) is 2.39. The molecular weight excluding hydrogens is 272 g/mol. The first kappa shape index (κ1) is 13.1. The van der Waals surface area contributed by atoms with Crippen LogP contribution in [0.4, 0.5) is 0 Å². The molecule has 1 aromatic heterocycles. The van der Waals surface area contributed by atoms with Crippen LogP contribution < -0.4 is 10.0 Å². The van der Waals surface area contributed by atoms with Gasteiger partial charge in [-0.15, -0.1) is 4.72 Å². The minimum Gasteiger partial charge on any atom is -0.598 e. The van der Waals surface area contributed by atoms with Gasteiger partial charge in [-0.25, -0.2) is 0 Å². The molecule has 2 atom stereocenters. The van der Waals surface area contributed by atoms with E-state index in [0.29, 0.717) is 0 Å². The van der Waals surface area contributed by atoms with Crippen LogP contribution in [-0.4, -0.2) is 32.2 Å². The number of hydrogen-bond donors (Lipinski definition) is 2. The normalized spacial score (nSPS) is 27.6. The molecule has 1 fully saturated rings. The van der Waals surface area contributed by atoms with Crippen molar-refractivity contribution >= 4 is 11.4 Å². The van der Waals surface area contributed by atoms with Crippen LogP contribution in [0.3, 0.4) is 0 Å². The molecule has 0 amide bonds. The van der Waals surface area contributed by atoms with E-state index in [4.69, 9.17) is 1.41 Å². The molecule has 1 saturated heterocycles. The molecule has 3 rings (SSSR count). The molecule has 1 spiro atoms. The molecule has 2 N–H and O–H groups in total. The molecule has 3 heterocycles. The first-order chi connectivity index (χ1) is 9.85. The van der Waals surface area contributed by atoms with E-state index in [1.54, 1.807) is 6.20 Å². The van der Waals surface area contributed by atoms with E-state index in [9.17, 15) is 4.55 Å². The van der Waals surface area contributed by atoms with Gasteiger partial charge in [-0.3, -0.25) is 4.68 Å². The molecule has 20 heavy (non-hydrogen) atoms. The molecule has 1 aromatic rings. The molecule has 0 radical (unpaired) electrons. The molecule has 5 nitrogen and oxygen atoms in total. The molecule has 2 aliphatic rings. The minimum atomic E-state index is -1.35. The summed E-state index contributed by atoms with van der Waals surface area (Å²) < 4.78 is 24.2. The summed E-state index contributed by atoms with van der Waals surface area (Å²) in [6.07, 6.45) is 3.78. The highest BCUT2D eigenvalue weighted by Crippen LogP contribution is 2.48. The van der Waals surface area contributed by atoms with E-state index in [1.807, 2.05) is 31.5 Å². The number of nitrogens with zero attached hydrogens (tertiary/aromatic N) is 2. The molecule has 6 heteroatoms. The highest BCUT2D eigenvalue weighted by molar-refractivity contribution is 7.90. The van der Waals surface area contributed by atoms with Gasteiger partial charge in [0.15, 0.2) is 1.41 Å². The number of hydrogen-bond acceptors (Lipinski definition) is 4. The third-order valence-corrected chi connectivity index (χ3v) is 5.85. The average Bonchev–Trinajstić information content (AvgIpc) is 2.95. The first-order valence-corrected chi connectivity index (χ1v) is 8.38. The molecule has 0 unspecified atom stereocenters. The number of aromatic nitrogens is 2. The van der Waals surface area contributed by atoms with Crippen molar-refractivity contribution in [2.24, 2.45) is 5.41 Å². The summed E-state index contributed by atoms with van der Waals surface area (Å²) in [5.74, 6) is 0. The lowest BCUT2D eigenvalue weighted by Gasteiger charge is -2.39. The highest BCUT2D eigenvalue weighted by Gasteiger charge is 2.50. The zero-order valence-electron chi connectivity index (χ0n) is 13.4.